The van der Waals surface area contributed by atoms with Gasteiger partial charge in [0.1, 0.15) is 0 Å². The van der Waals surface area contributed by atoms with Gasteiger partial charge in [0.2, 0.25) is 0 Å². The van der Waals surface area contributed by atoms with E-state index in [-0.39, 0.29) is 5.91 Å². The minimum Gasteiger partial charge on any atom is -0.349 e. The van der Waals surface area contributed by atoms with Gasteiger partial charge in [0, 0.05) is 16.1 Å². The van der Waals surface area contributed by atoms with E-state index in [1.54, 1.807) is 0 Å². The molecule has 3 fully saturated rings. The van der Waals surface area contributed by atoms with Gasteiger partial charge >= 0.3 is 0 Å². The molecular formula is C18H22BrNO. The van der Waals surface area contributed by atoms with E-state index in [9.17, 15) is 4.79 Å². The number of nitrogens with one attached hydrogen (secondary N) is 1. The normalized spacial score (nSPS) is 36.8. The third-order valence-electron chi connectivity index (χ3n) is 6.19. The van der Waals surface area contributed by atoms with Crippen molar-refractivity contribution in [2.24, 2.45) is 23.7 Å². The Hall–Kier alpha value is -0.830. The summed E-state index contributed by atoms with van der Waals surface area (Å²) in [6, 6.07) is 6.36. The number of fused-ring (bicyclic) bond motifs is 5. The van der Waals surface area contributed by atoms with E-state index in [0.29, 0.717) is 6.04 Å². The Balaban J connectivity index is 1.50. The smallest absolute Gasteiger partial charge is 0.251 e. The summed E-state index contributed by atoms with van der Waals surface area (Å²) >= 11 is 3.47. The Morgan fingerprint density at radius 1 is 1.19 bits per heavy atom. The number of benzene rings is 1. The molecule has 3 saturated carbocycles. The van der Waals surface area contributed by atoms with Crippen molar-refractivity contribution in [2.45, 2.75) is 45.1 Å². The fourth-order valence-electron chi connectivity index (χ4n) is 5.32. The maximum absolute atomic E-state index is 12.6. The molecule has 3 aliphatic carbocycles. The zero-order chi connectivity index (χ0) is 14.6. The van der Waals surface area contributed by atoms with Crippen LogP contribution in [0.3, 0.4) is 0 Å². The van der Waals surface area contributed by atoms with E-state index in [0.717, 1.165) is 39.3 Å². The number of halogens is 1. The van der Waals surface area contributed by atoms with Crippen LogP contribution >= 0.6 is 15.9 Å². The first-order valence-electron chi connectivity index (χ1n) is 8.20. The average Bonchev–Trinajstić information content (AvgIpc) is 3.13. The lowest BCUT2D eigenvalue weighted by Gasteiger charge is -2.32. The minimum absolute atomic E-state index is 0.112. The van der Waals surface area contributed by atoms with Gasteiger partial charge in [0.15, 0.2) is 0 Å². The minimum atomic E-state index is 0.112. The first-order chi connectivity index (χ1) is 10.1. The summed E-state index contributed by atoms with van der Waals surface area (Å²) in [7, 11) is 0. The molecule has 5 atom stereocenters. The van der Waals surface area contributed by atoms with Crippen LogP contribution < -0.4 is 5.32 Å². The van der Waals surface area contributed by atoms with E-state index in [2.05, 4.69) is 21.2 Å². The van der Waals surface area contributed by atoms with Crippen molar-refractivity contribution in [3.8, 4) is 0 Å². The lowest BCUT2D eigenvalue weighted by molar-refractivity contribution is 0.0900. The lowest BCUT2D eigenvalue weighted by Crippen LogP contribution is -2.42. The Bertz CT molecular complexity index is 585. The van der Waals surface area contributed by atoms with Crippen LogP contribution in [0.15, 0.2) is 22.7 Å². The summed E-state index contributed by atoms with van der Waals surface area (Å²) in [6.07, 6.45) is 6.82. The molecule has 0 saturated heterocycles. The number of aryl methyl sites for hydroxylation is 1. The molecule has 2 nitrogen and oxygen atoms in total. The maximum atomic E-state index is 12.6. The zero-order valence-corrected chi connectivity index (χ0v) is 14.0. The number of hydrogen-bond acceptors (Lipinski definition) is 1. The van der Waals surface area contributed by atoms with Crippen molar-refractivity contribution in [1.29, 1.82) is 0 Å². The van der Waals surface area contributed by atoms with Crippen LogP contribution in [-0.4, -0.2) is 11.9 Å². The molecule has 4 rings (SSSR count). The van der Waals surface area contributed by atoms with Crippen LogP contribution in [-0.2, 0) is 0 Å². The van der Waals surface area contributed by atoms with Gasteiger partial charge in [-0.25, -0.2) is 0 Å². The summed E-state index contributed by atoms with van der Waals surface area (Å²) in [5.74, 6) is 3.63. The average molecular weight is 348 g/mol. The van der Waals surface area contributed by atoms with Gasteiger partial charge in [-0.2, -0.15) is 0 Å². The van der Waals surface area contributed by atoms with Crippen molar-refractivity contribution >= 4 is 21.8 Å². The summed E-state index contributed by atoms with van der Waals surface area (Å²) in [5, 5.41) is 3.35. The summed E-state index contributed by atoms with van der Waals surface area (Å²) in [5.41, 5.74) is 1.87. The molecule has 3 heteroatoms. The summed E-state index contributed by atoms with van der Waals surface area (Å²) < 4.78 is 0.974. The first-order valence-corrected chi connectivity index (χ1v) is 9.00. The molecule has 0 radical (unpaired) electrons. The molecule has 0 spiro atoms. The molecule has 1 aromatic rings. The van der Waals surface area contributed by atoms with Crippen molar-refractivity contribution in [3.05, 3.63) is 33.8 Å². The van der Waals surface area contributed by atoms with E-state index < -0.39 is 0 Å². The second kappa shape index (κ2) is 5.12. The van der Waals surface area contributed by atoms with Gasteiger partial charge in [0.05, 0.1) is 0 Å². The second-order valence-corrected chi connectivity index (χ2v) is 8.11. The standard InChI is InChI=1S/C18H22BrNO/c1-10-5-6-12(19)9-15(10)18(21)20-17-8-11-7-16(17)14-4-2-3-13(11)14/h5-6,9,11,13-14,16-17H,2-4,7-8H2,1H3,(H,20,21). The van der Waals surface area contributed by atoms with Gasteiger partial charge < -0.3 is 5.32 Å². The van der Waals surface area contributed by atoms with Crippen molar-refractivity contribution < 1.29 is 4.79 Å². The summed E-state index contributed by atoms with van der Waals surface area (Å²) in [6.45, 7) is 2.01. The molecule has 1 N–H and O–H groups in total. The highest BCUT2D eigenvalue weighted by atomic mass is 79.9. The Morgan fingerprint density at radius 3 is 2.86 bits per heavy atom. The summed E-state index contributed by atoms with van der Waals surface area (Å²) in [4.78, 5) is 12.6. The monoisotopic (exact) mass is 347 g/mol. The second-order valence-electron chi connectivity index (χ2n) is 7.19. The van der Waals surface area contributed by atoms with Gasteiger partial charge in [-0.3, -0.25) is 4.79 Å². The number of rotatable bonds is 2. The molecule has 3 aliphatic rings. The predicted octanol–water partition coefficient (Wildman–Crippen LogP) is 4.31. The first kappa shape index (κ1) is 13.8. The van der Waals surface area contributed by atoms with Crippen LogP contribution in [0.5, 0.6) is 0 Å². The molecule has 21 heavy (non-hydrogen) atoms. The topological polar surface area (TPSA) is 29.1 Å². The van der Waals surface area contributed by atoms with Crippen molar-refractivity contribution in [3.63, 3.8) is 0 Å². The van der Waals surface area contributed by atoms with Gasteiger partial charge in [0.25, 0.3) is 5.91 Å². The Kier molecular flexibility index (Phi) is 3.36. The van der Waals surface area contributed by atoms with Crippen LogP contribution in [0.25, 0.3) is 0 Å². The molecule has 0 aliphatic heterocycles. The van der Waals surface area contributed by atoms with Crippen LogP contribution in [0.1, 0.15) is 48.0 Å². The molecule has 0 aromatic heterocycles. The number of hydrogen-bond donors (Lipinski definition) is 1. The quantitative estimate of drug-likeness (QED) is 0.848. The maximum Gasteiger partial charge on any atom is 0.251 e. The number of carbonyl (C=O) groups excluding carboxylic acids is 1. The molecule has 1 amide bonds. The third-order valence-corrected chi connectivity index (χ3v) is 6.68. The highest BCUT2D eigenvalue weighted by molar-refractivity contribution is 9.10. The lowest BCUT2D eigenvalue weighted by atomic mass is 9.79. The highest BCUT2D eigenvalue weighted by Gasteiger charge is 2.54. The van der Waals surface area contributed by atoms with Crippen LogP contribution in [0, 0.1) is 30.6 Å². The van der Waals surface area contributed by atoms with E-state index in [4.69, 9.17) is 0 Å². The molecule has 0 heterocycles. The largest absolute Gasteiger partial charge is 0.349 e. The molecule has 112 valence electrons. The van der Waals surface area contributed by atoms with Crippen molar-refractivity contribution in [2.75, 3.05) is 0 Å². The van der Waals surface area contributed by atoms with Gasteiger partial charge in [-0.05, 0) is 74.0 Å². The fourth-order valence-corrected chi connectivity index (χ4v) is 5.68. The molecular weight excluding hydrogens is 326 g/mol. The zero-order valence-electron chi connectivity index (χ0n) is 12.4. The predicted molar refractivity (Wildman–Crippen MR) is 87.2 cm³/mol. The third kappa shape index (κ3) is 2.25. The van der Waals surface area contributed by atoms with Crippen molar-refractivity contribution in [1.82, 2.24) is 5.32 Å². The van der Waals surface area contributed by atoms with E-state index in [1.807, 2.05) is 25.1 Å². The van der Waals surface area contributed by atoms with E-state index in [1.165, 1.54) is 32.1 Å². The SMILES string of the molecule is Cc1ccc(Br)cc1C(=O)NC1CC2CC1C1CCCC21. The Morgan fingerprint density at radius 2 is 2.00 bits per heavy atom. The van der Waals surface area contributed by atoms with Gasteiger partial charge in [-0.15, -0.1) is 0 Å². The molecule has 1 aromatic carbocycles. The van der Waals surface area contributed by atoms with Crippen LogP contribution in [0.2, 0.25) is 0 Å². The Labute approximate surface area is 134 Å². The molecule has 5 unspecified atom stereocenters. The van der Waals surface area contributed by atoms with Gasteiger partial charge in [-0.1, -0.05) is 28.4 Å². The number of carbonyl (C=O) groups is 1. The highest BCUT2D eigenvalue weighted by Crippen LogP contribution is 2.58. The number of amides is 1. The fraction of sp³-hybridized carbons (Fsp3) is 0.611. The van der Waals surface area contributed by atoms with Crippen LogP contribution in [0.4, 0.5) is 0 Å². The molecule has 2 bridgehead atoms. The van der Waals surface area contributed by atoms with E-state index >= 15 is 0 Å².